The number of nitrogens with one attached hydrogen (secondary N) is 1. The Morgan fingerprint density at radius 3 is 2.35 bits per heavy atom. The fraction of sp³-hybridized carbons (Fsp3) is 0.929. The number of carbonyl (C=O) groups is 1. The van der Waals surface area contributed by atoms with Gasteiger partial charge in [-0.15, -0.1) is 0 Å². The molecule has 0 bridgehead atoms. The number of hydrogen-bond donors (Lipinski definition) is 2. The lowest BCUT2D eigenvalue weighted by atomic mass is 9.99. The normalized spacial score (nSPS) is 20.0. The zero-order valence-corrected chi connectivity index (χ0v) is 11.2. The summed E-state index contributed by atoms with van der Waals surface area (Å²) >= 11 is 0. The molecule has 0 aliphatic heterocycles. The monoisotopic (exact) mass is 241 g/mol. The van der Waals surface area contributed by atoms with E-state index in [-0.39, 0.29) is 11.8 Å². The van der Waals surface area contributed by atoms with Crippen LogP contribution in [0.15, 0.2) is 0 Å². The molecule has 1 saturated carbocycles. The van der Waals surface area contributed by atoms with Crippen LogP contribution >= 0.6 is 0 Å². The van der Waals surface area contributed by atoms with Crippen LogP contribution in [0.2, 0.25) is 0 Å². The van der Waals surface area contributed by atoms with Gasteiger partial charge >= 0.3 is 0 Å². The Bertz CT molecular complexity index is 220. The number of carbonyl (C=O) groups excluding carboxylic acids is 1. The van der Waals surface area contributed by atoms with E-state index in [0.717, 1.165) is 19.3 Å². The molecule has 1 amide bonds. The molecular formula is C14H27NO2. The van der Waals surface area contributed by atoms with Crippen LogP contribution in [0, 0.1) is 11.8 Å². The molecule has 1 unspecified atom stereocenters. The highest BCUT2D eigenvalue weighted by atomic mass is 16.3. The summed E-state index contributed by atoms with van der Waals surface area (Å²) in [7, 11) is 0. The third-order valence-corrected chi connectivity index (χ3v) is 3.48. The molecule has 17 heavy (non-hydrogen) atoms. The molecule has 0 saturated heterocycles. The predicted molar refractivity (Wildman–Crippen MR) is 69.7 cm³/mol. The lowest BCUT2D eigenvalue weighted by Crippen LogP contribution is -2.36. The number of hydrogen-bond acceptors (Lipinski definition) is 2. The second-order valence-corrected chi connectivity index (χ2v) is 5.72. The van der Waals surface area contributed by atoms with Crippen molar-refractivity contribution in [2.45, 2.75) is 64.9 Å². The first-order chi connectivity index (χ1) is 8.09. The van der Waals surface area contributed by atoms with E-state index in [1.807, 2.05) is 0 Å². The van der Waals surface area contributed by atoms with E-state index < -0.39 is 6.10 Å². The number of amides is 1. The van der Waals surface area contributed by atoms with Crippen LogP contribution < -0.4 is 5.32 Å². The average Bonchev–Trinajstić information content (AvgIpc) is 2.53. The van der Waals surface area contributed by atoms with E-state index in [2.05, 4.69) is 19.2 Å². The molecular weight excluding hydrogens is 214 g/mol. The highest BCUT2D eigenvalue weighted by Crippen LogP contribution is 2.22. The second kappa shape index (κ2) is 7.70. The molecule has 2 N–H and O–H groups in total. The Morgan fingerprint density at radius 2 is 1.82 bits per heavy atom. The molecule has 1 aliphatic rings. The highest BCUT2D eigenvalue weighted by molar-refractivity contribution is 5.78. The Hall–Kier alpha value is -0.570. The zero-order chi connectivity index (χ0) is 12.7. The predicted octanol–water partition coefficient (Wildman–Crippen LogP) is 2.48. The molecule has 0 aromatic rings. The first kappa shape index (κ1) is 14.5. The lowest BCUT2D eigenvalue weighted by Gasteiger charge is -2.17. The fourth-order valence-corrected chi connectivity index (χ4v) is 2.53. The van der Waals surface area contributed by atoms with Crippen LogP contribution in [-0.4, -0.2) is 23.7 Å². The highest BCUT2D eigenvalue weighted by Gasteiger charge is 2.20. The number of aliphatic hydroxyl groups is 1. The first-order valence-electron chi connectivity index (χ1n) is 7.05. The molecule has 0 aromatic heterocycles. The van der Waals surface area contributed by atoms with Gasteiger partial charge in [-0.3, -0.25) is 4.79 Å². The van der Waals surface area contributed by atoms with Gasteiger partial charge in [0.1, 0.15) is 0 Å². The maximum Gasteiger partial charge on any atom is 0.223 e. The quantitative estimate of drug-likeness (QED) is 0.726. The summed E-state index contributed by atoms with van der Waals surface area (Å²) in [5, 5.41) is 12.6. The molecule has 1 fully saturated rings. The number of aliphatic hydroxyl groups excluding tert-OH is 1. The van der Waals surface area contributed by atoms with E-state index in [0.29, 0.717) is 12.5 Å². The molecule has 0 aromatic carbocycles. The summed E-state index contributed by atoms with van der Waals surface area (Å²) in [5.74, 6) is 0.804. The zero-order valence-electron chi connectivity index (χ0n) is 11.2. The van der Waals surface area contributed by atoms with Crippen molar-refractivity contribution in [2.24, 2.45) is 11.8 Å². The van der Waals surface area contributed by atoms with Gasteiger partial charge in [-0.1, -0.05) is 39.5 Å². The van der Waals surface area contributed by atoms with Gasteiger partial charge < -0.3 is 10.4 Å². The van der Waals surface area contributed by atoms with Crippen LogP contribution in [0.4, 0.5) is 0 Å². The summed E-state index contributed by atoms with van der Waals surface area (Å²) in [6, 6.07) is 0. The largest absolute Gasteiger partial charge is 0.391 e. The molecule has 3 heteroatoms. The maximum absolute atomic E-state index is 11.9. The fourth-order valence-electron chi connectivity index (χ4n) is 2.53. The molecule has 100 valence electrons. The molecule has 1 atom stereocenters. The summed E-state index contributed by atoms with van der Waals surface area (Å²) in [6.45, 7) is 4.57. The SMILES string of the molecule is CC(C)CC(O)CNC(=O)C1CCCCCC1. The molecule has 0 heterocycles. The van der Waals surface area contributed by atoms with Gasteiger partial charge in [0, 0.05) is 12.5 Å². The molecule has 3 nitrogen and oxygen atoms in total. The minimum absolute atomic E-state index is 0.148. The van der Waals surface area contributed by atoms with Gasteiger partial charge in [0.05, 0.1) is 6.10 Å². The molecule has 0 radical (unpaired) electrons. The van der Waals surface area contributed by atoms with Crippen molar-refractivity contribution >= 4 is 5.91 Å². The average molecular weight is 241 g/mol. The minimum atomic E-state index is -0.398. The third kappa shape index (κ3) is 6.06. The molecule has 0 spiro atoms. The third-order valence-electron chi connectivity index (χ3n) is 3.48. The van der Waals surface area contributed by atoms with Gasteiger partial charge in [-0.25, -0.2) is 0 Å². The van der Waals surface area contributed by atoms with Gasteiger partial charge in [-0.2, -0.15) is 0 Å². The van der Waals surface area contributed by atoms with Crippen LogP contribution in [0.25, 0.3) is 0 Å². The summed E-state index contributed by atoms with van der Waals surface area (Å²) in [5.41, 5.74) is 0. The van der Waals surface area contributed by atoms with Crippen molar-refractivity contribution in [3.8, 4) is 0 Å². The Labute approximate surface area is 105 Å². The minimum Gasteiger partial charge on any atom is -0.391 e. The Balaban J connectivity index is 2.23. The van der Waals surface area contributed by atoms with Crippen molar-refractivity contribution in [1.82, 2.24) is 5.32 Å². The van der Waals surface area contributed by atoms with Gasteiger partial charge in [0.2, 0.25) is 5.91 Å². The van der Waals surface area contributed by atoms with E-state index in [9.17, 15) is 9.90 Å². The van der Waals surface area contributed by atoms with Crippen LogP contribution in [0.5, 0.6) is 0 Å². The van der Waals surface area contributed by atoms with Crippen molar-refractivity contribution in [2.75, 3.05) is 6.54 Å². The van der Waals surface area contributed by atoms with Crippen molar-refractivity contribution in [3.05, 3.63) is 0 Å². The Morgan fingerprint density at radius 1 is 1.24 bits per heavy atom. The first-order valence-corrected chi connectivity index (χ1v) is 7.05. The van der Waals surface area contributed by atoms with Gasteiger partial charge in [0.15, 0.2) is 0 Å². The van der Waals surface area contributed by atoms with E-state index >= 15 is 0 Å². The molecule has 1 aliphatic carbocycles. The van der Waals surface area contributed by atoms with Gasteiger partial charge in [0.25, 0.3) is 0 Å². The van der Waals surface area contributed by atoms with E-state index in [1.165, 1.54) is 25.7 Å². The van der Waals surface area contributed by atoms with Crippen molar-refractivity contribution in [1.29, 1.82) is 0 Å². The van der Waals surface area contributed by atoms with E-state index in [4.69, 9.17) is 0 Å². The van der Waals surface area contributed by atoms with Crippen molar-refractivity contribution < 1.29 is 9.90 Å². The van der Waals surface area contributed by atoms with Gasteiger partial charge in [-0.05, 0) is 25.2 Å². The van der Waals surface area contributed by atoms with E-state index in [1.54, 1.807) is 0 Å². The van der Waals surface area contributed by atoms with Crippen LogP contribution in [-0.2, 0) is 4.79 Å². The van der Waals surface area contributed by atoms with Crippen molar-refractivity contribution in [3.63, 3.8) is 0 Å². The topological polar surface area (TPSA) is 49.3 Å². The van der Waals surface area contributed by atoms with Crippen LogP contribution in [0.3, 0.4) is 0 Å². The maximum atomic E-state index is 11.9. The van der Waals surface area contributed by atoms with Crippen LogP contribution in [0.1, 0.15) is 58.8 Å². The standard InChI is InChI=1S/C14H27NO2/c1-11(2)9-13(16)10-15-14(17)12-7-5-3-4-6-8-12/h11-13,16H,3-10H2,1-2H3,(H,15,17). The summed E-state index contributed by atoms with van der Waals surface area (Å²) in [4.78, 5) is 11.9. The Kier molecular flexibility index (Phi) is 6.56. The summed E-state index contributed by atoms with van der Waals surface area (Å²) in [6.07, 6.45) is 7.27. The molecule has 1 rings (SSSR count). The number of rotatable bonds is 5. The summed E-state index contributed by atoms with van der Waals surface area (Å²) < 4.78 is 0. The second-order valence-electron chi connectivity index (χ2n) is 5.72. The lowest BCUT2D eigenvalue weighted by molar-refractivity contribution is -0.125. The smallest absolute Gasteiger partial charge is 0.223 e.